The number of nitrogens with zero attached hydrogens (tertiary/aromatic N) is 2. The molecule has 106 valence electrons. The van der Waals surface area contributed by atoms with Crippen LogP contribution < -0.4 is 11.5 Å². The summed E-state index contributed by atoms with van der Waals surface area (Å²) in [5, 5.41) is 0. The van der Waals surface area contributed by atoms with Gasteiger partial charge in [-0.05, 0) is 48.4 Å². The molecule has 0 amide bonds. The summed E-state index contributed by atoms with van der Waals surface area (Å²) in [5.41, 5.74) is 15.3. The number of pyridine rings is 1. The number of dihydropyridines is 1. The van der Waals surface area contributed by atoms with Crippen molar-refractivity contribution in [2.75, 3.05) is 12.3 Å². The van der Waals surface area contributed by atoms with E-state index in [4.69, 9.17) is 11.5 Å². The normalized spacial score (nSPS) is 21.1. The van der Waals surface area contributed by atoms with E-state index in [2.05, 4.69) is 22.1 Å². The first-order chi connectivity index (χ1) is 10.1. The van der Waals surface area contributed by atoms with Crippen molar-refractivity contribution in [2.45, 2.75) is 12.3 Å². The van der Waals surface area contributed by atoms with E-state index in [1.54, 1.807) is 0 Å². The van der Waals surface area contributed by atoms with Crippen LogP contribution in [0.3, 0.4) is 0 Å². The van der Waals surface area contributed by atoms with Crippen molar-refractivity contribution >= 4 is 11.5 Å². The number of hydrogen-bond acceptors (Lipinski definition) is 4. The Morgan fingerprint density at radius 3 is 2.43 bits per heavy atom. The molecule has 0 radical (unpaired) electrons. The second-order valence-corrected chi connectivity index (χ2v) is 5.35. The molecule has 21 heavy (non-hydrogen) atoms. The van der Waals surface area contributed by atoms with Crippen LogP contribution in [-0.2, 0) is 5.41 Å². The molecule has 4 nitrogen and oxygen atoms in total. The molecule has 1 aliphatic rings. The van der Waals surface area contributed by atoms with Crippen LogP contribution in [0.4, 0.5) is 5.69 Å². The first kappa shape index (κ1) is 13.4. The fourth-order valence-electron chi connectivity index (χ4n) is 2.69. The maximum absolute atomic E-state index is 5.81. The molecule has 0 spiro atoms. The zero-order valence-electron chi connectivity index (χ0n) is 12.0. The number of nitrogen functional groups attached to an aromatic ring is 1. The van der Waals surface area contributed by atoms with Crippen molar-refractivity contribution < 1.29 is 0 Å². The number of aromatic nitrogens is 1. The number of amidine groups is 1. The maximum Gasteiger partial charge on any atom is 0.117 e. The van der Waals surface area contributed by atoms with E-state index in [1.165, 1.54) is 0 Å². The van der Waals surface area contributed by atoms with Gasteiger partial charge in [-0.1, -0.05) is 18.2 Å². The molecule has 1 aliphatic heterocycles. The summed E-state index contributed by atoms with van der Waals surface area (Å²) in [7, 11) is 0. The van der Waals surface area contributed by atoms with E-state index in [-0.39, 0.29) is 5.41 Å². The minimum absolute atomic E-state index is 0.315. The van der Waals surface area contributed by atoms with Gasteiger partial charge < -0.3 is 11.5 Å². The summed E-state index contributed by atoms with van der Waals surface area (Å²) in [6, 6.07) is 12.1. The SMILES string of the molecule is Cc1cc(C2(c3ccc(N)cc3)C=CC(N)=NC2)ccn1. The van der Waals surface area contributed by atoms with Crippen LogP contribution in [-0.4, -0.2) is 17.4 Å². The lowest BCUT2D eigenvalue weighted by atomic mass is 9.73. The van der Waals surface area contributed by atoms with E-state index < -0.39 is 0 Å². The van der Waals surface area contributed by atoms with Gasteiger partial charge in [0.25, 0.3) is 0 Å². The van der Waals surface area contributed by atoms with Gasteiger partial charge >= 0.3 is 0 Å². The minimum Gasteiger partial charge on any atom is -0.399 e. The van der Waals surface area contributed by atoms with Gasteiger partial charge in [-0.3, -0.25) is 9.98 Å². The zero-order valence-corrected chi connectivity index (χ0v) is 12.0. The number of rotatable bonds is 2. The summed E-state index contributed by atoms with van der Waals surface area (Å²) >= 11 is 0. The Hall–Kier alpha value is -2.62. The average Bonchev–Trinajstić information content (AvgIpc) is 2.49. The molecule has 0 saturated carbocycles. The topological polar surface area (TPSA) is 77.3 Å². The van der Waals surface area contributed by atoms with Gasteiger partial charge in [0.2, 0.25) is 0 Å². The summed E-state index contributed by atoms with van der Waals surface area (Å²) in [4.78, 5) is 8.73. The maximum atomic E-state index is 5.81. The Kier molecular flexibility index (Phi) is 3.22. The molecule has 1 unspecified atom stereocenters. The van der Waals surface area contributed by atoms with E-state index in [0.717, 1.165) is 22.5 Å². The molecule has 1 aromatic heterocycles. The second-order valence-electron chi connectivity index (χ2n) is 5.35. The van der Waals surface area contributed by atoms with Crippen LogP contribution in [0, 0.1) is 6.92 Å². The predicted octanol–water partition coefficient (Wildman–Crippen LogP) is 2.19. The van der Waals surface area contributed by atoms with E-state index in [0.29, 0.717) is 12.4 Å². The smallest absolute Gasteiger partial charge is 0.117 e. The molecule has 1 aromatic carbocycles. The third-order valence-electron chi connectivity index (χ3n) is 3.89. The fraction of sp³-hybridized carbons (Fsp3) is 0.176. The molecule has 1 atom stereocenters. The molecule has 3 rings (SSSR count). The molecule has 2 heterocycles. The standard InChI is InChI=1S/C17H18N4/c1-12-10-14(7-9-20-12)17(8-6-16(19)21-11-17)13-2-4-15(18)5-3-13/h2-10H,11,18H2,1H3,(H2,19,21). The number of aryl methyl sites for hydroxylation is 1. The predicted molar refractivity (Wildman–Crippen MR) is 86.2 cm³/mol. The lowest BCUT2D eigenvalue weighted by Gasteiger charge is -2.32. The molecule has 4 N–H and O–H groups in total. The lowest BCUT2D eigenvalue weighted by molar-refractivity contribution is 0.647. The Labute approximate surface area is 124 Å². The Balaban J connectivity index is 2.17. The molecule has 4 heteroatoms. The minimum atomic E-state index is -0.315. The molecule has 0 aliphatic carbocycles. The van der Waals surface area contributed by atoms with Crippen molar-refractivity contribution in [1.82, 2.24) is 4.98 Å². The molecular weight excluding hydrogens is 260 g/mol. The summed E-state index contributed by atoms with van der Waals surface area (Å²) in [6.45, 7) is 2.58. The molecule has 0 bridgehead atoms. The third-order valence-corrected chi connectivity index (χ3v) is 3.89. The number of nitrogens with two attached hydrogens (primary N) is 2. The molecule has 0 saturated heterocycles. The highest BCUT2D eigenvalue weighted by Crippen LogP contribution is 2.36. The second kappa shape index (κ2) is 5.05. The number of anilines is 1. The van der Waals surface area contributed by atoms with Crippen LogP contribution in [0.5, 0.6) is 0 Å². The number of aliphatic imine (C=N–C) groups is 1. The highest BCUT2D eigenvalue weighted by atomic mass is 14.9. The first-order valence-corrected chi connectivity index (χ1v) is 6.88. The van der Waals surface area contributed by atoms with E-state index >= 15 is 0 Å². The Bertz CT molecular complexity index is 716. The van der Waals surface area contributed by atoms with Gasteiger partial charge in [-0.15, -0.1) is 0 Å². The summed E-state index contributed by atoms with van der Waals surface area (Å²) in [5.74, 6) is 0.562. The molecule has 0 fully saturated rings. The van der Waals surface area contributed by atoms with Gasteiger partial charge in [-0.2, -0.15) is 0 Å². The Morgan fingerprint density at radius 1 is 1.05 bits per heavy atom. The largest absolute Gasteiger partial charge is 0.399 e. The monoisotopic (exact) mass is 278 g/mol. The van der Waals surface area contributed by atoms with Crippen LogP contribution in [0.1, 0.15) is 16.8 Å². The zero-order chi connectivity index (χ0) is 14.9. The summed E-state index contributed by atoms with van der Waals surface area (Å²) < 4.78 is 0. The quantitative estimate of drug-likeness (QED) is 0.827. The van der Waals surface area contributed by atoms with Gasteiger partial charge in [0, 0.05) is 17.6 Å². The van der Waals surface area contributed by atoms with Gasteiger partial charge in [0.15, 0.2) is 0 Å². The van der Waals surface area contributed by atoms with Crippen molar-refractivity contribution in [2.24, 2.45) is 10.7 Å². The van der Waals surface area contributed by atoms with Crippen molar-refractivity contribution in [1.29, 1.82) is 0 Å². The fourth-order valence-corrected chi connectivity index (χ4v) is 2.69. The summed E-state index contributed by atoms with van der Waals surface area (Å²) in [6.07, 6.45) is 5.82. The third kappa shape index (κ3) is 2.40. The van der Waals surface area contributed by atoms with Crippen LogP contribution in [0.25, 0.3) is 0 Å². The average molecular weight is 278 g/mol. The molecule has 2 aromatic rings. The van der Waals surface area contributed by atoms with E-state index in [9.17, 15) is 0 Å². The van der Waals surface area contributed by atoms with Gasteiger partial charge in [0.1, 0.15) is 5.84 Å². The number of hydrogen-bond donors (Lipinski definition) is 2. The van der Waals surface area contributed by atoms with Crippen LogP contribution >= 0.6 is 0 Å². The highest BCUT2D eigenvalue weighted by Gasteiger charge is 2.33. The number of benzene rings is 1. The van der Waals surface area contributed by atoms with Gasteiger partial charge in [0.05, 0.1) is 12.0 Å². The Morgan fingerprint density at radius 2 is 1.81 bits per heavy atom. The molecular formula is C17H18N4. The first-order valence-electron chi connectivity index (χ1n) is 6.88. The van der Waals surface area contributed by atoms with Crippen LogP contribution in [0.15, 0.2) is 59.7 Å². The van der Waals surface area contributed by atoms with Crippen molar-refractivity contribution in [3.8, 4) is 0 Å². The van der Waals surface area contributed by atoms with Gasteiger partial charge in [-0.25, -0.2) is 0 Å². The lowest BCUT2D eigenvalue weighted by Crippen LogP contribution is -2.33. The van der Waals surface area contributed by atoms with Crippen molar-refractivity contribution in [3.63, 3.8) is 0 Å². The van der Waals surface area contributed by atoms with Crippen LogP contribution in [0.2, 0.25) is 0 Å². The highest BCUT2D eigenvalue weighted by molar-refractivity contribution is 5.92. The van der Waals surface area contributed by atoms with E-state index in [1.807, 2.05) is 49.5 Å². The van der Waals surface area contributed by atoms with Crippen molar-refractivity contribution in [3.05, 3.63) is 71.6 Å².